The van der Waals surface area contributed by atoms with Crippen LogP contribution >= 0.6 is 35.7 Å². The Morgan fingerprint density at radius 1 is 1.33 bits per heavy atom. The standard InChI is InChI=1S/C10H19NOS3/c1-14-7-9(12)8-15-10(13)11-5-3-2-4-6-11/h9,12H,2-8H2,1H3. The van der Waals surface area contributed by atoms with E-state index in [1.54, 1.807) is 23.5 Å². The van der Waals surface area contributed by atoms with Gasteiger partial charge >= 0.3 is 0 Å². The smallest absolute Gasteiger partial charge is 0.136 e. The van der Waals surface area contributed by atoms with Crippen LogP contribution in [-0.4, -0.2) is 51.3 Å². The molecule has 1 aliphatic heterocycles. The predicted molar refractivity (Wildman–Crippen MR) is 74.9 cm³/mol. The summed E-state index contributed by atoms with van der Waals surface area (Å²) in [6, 6.07) is 0. The number of aliphatic hydroxyl groups is 1. The van der Waals surface area contributed by atoms with E-state index < -0.39 is 0 Å². The molecule has 1 saturated heterocycles. The minimum absolute atomic E-state index is 0.229. The fourth-order valence-corrected chi connectivity index (χ4v) is 3.43. The average Bonchev–Trinajstić information content (AvgIpc) is 2.27. The summed E-state index contributed by atoms with van der Waals surface area (Å²) in [6.45, 7) is 2.20. The van der Waals surface area contributed by atoms with Crippen molar-refractivity contribution < 1.29 is 5.11 Å². The van der Waals surface area contributed by atoms with Crippen LogP contribution < -0.4 is 0 Å². The molecule has 1 aliphatic rings. The molecule has 5 heteroatoms. The maximum Gasteiger partial charge on any atom is 0.136 e. The second-order valence-electron chi connectivity index (χ2n) is 3.73. The molecule has 0 radical (unpaired) electrons. The minimum Gasteiger partial charge on any atom is -0.391 e. The summed E-state index contributed by atoms with van der Waals surface area (Å²) in [5.41, 5.74) is 0. The van der Waals surface area contributed by atoms with Crippen molar-refractivity contribution in [3.63, 3.8) is 0 Å². The number of hydrogen-bond donors (Lipinski definition) is 1. The summed E-state index contributed by atoms with van der Waals surface area (Å²) in [4.78, 5) is 2.27. The normalized spacial score (nSPS) is 18.9. The molecule has 0 spiro atoms. The zero-order valence-corrected chi connectivity index (χ0v) is 11.6. The number of hydrogen-bond acceptors (Lipinski definition) is 4. The van der Waals surface area contributed by atoms with Crippen molar-refractivity contribution in [3.8, 4) is 0 Å². The first kappa shape index (κ1) is 13.6. The average molecular weight is 265 g/mol. The number of thiocarbonyl (C=S) groups is 1. The molecule has 1 unspecified atom stereocenters. The molecule has 15 heavy (non-hydrogen) atoms. The van der Waals surface area contributed by atoms with Crippen LogP contribution in [0, 0.1) is 0 Å². The van der Waals surface area contributed by atoms with Gasteiger partial charge in [0.25, 0.3) is 0 Å². The molecule has 88 valence electrons. The van der Waals surface area contributed by atoms with Crippen molar-refractivity contribution in [2.24, 2.45) is 0 Å². The molecule has 0 aliphatic carbocycles. The van der Waals surface area contributed by atoms with Crippen LogP contribution in [0.15, 0.2) is 0 Å². The van der Waals surface area contributed by atoms with Gasteiger partial charge in [0.1, 0.15) is 4.32 Å². The van der Waals surface area contributed by atoms with E-state index in [0.29, 0.717) is 0 Å². The predicted octanol–water partition coefficient (Wildman–Crippen LogP) is 2.21. The molecule has 1 fully saturated rings. The van der Waals surface area contributed by atoms with Gasteiger partial charge in [0.15, 0.2) is 0 Å². The summed E-state index contributed by atoms with van der Waals surface area (Å²) >= 11 is 8.65. The molecule has 0 bridgehead atoms. The molecular weight excluding hydrogens is 246 g/mol. The lowest BCUT2D eigenvalue weighted by Gasteiger charge is -2.28. The van der Waals surface area contributed by atoms with E-state index in [4.69, 9.17) is 12.2 Å². The molecule has 1 rings (SSSR count). The Balaban J connectivity index is 2.16. The van der Waals surface area contributed by atoms with Crippen molar-refractivity contribution in [1.82, 2.24) is 4.90 Å². The van der Waals surface area contributed by atoms with Gasteiger partial charge in [-0.05, 0) is 25.5 Å². The lowest BCUT2D eigenvalue weighted by atomic mass is 10.1. The Bertz CT molecular complexity index is 195. The Hall–Kier alpha value is 0.550. The fourth-order valence-electron chi connectivity index (χ4n) is 1.58. The molecule has 1 heterocycles. The Labute approximate surface area is 106 Å². The lowest BCUT2D eigenvalue weighted by molar-refractivity contribution is 0.225. The van der Waals surface area contributed by atoms with Gasteiger partial charge in [-0.1, -0.05) is 24.0 Å². The summed E-state index contributed by atoms with van der Waals surface area (Å²) in [5.74, 6) is 1.53. The van der Waals surface area contributed by atoms with Gasteiger partial charge < -0.3 is 10.0 Å². The third kappa shape index (κ3) is 5.43. The van der Waals surface area contributed by atoms with E-state index in [2.05, 4.69) is 4.90 Å². The minimum atomic E-state index is -0.229. The van der Waals surface area contributed by atoms with Gasteiger partial charge in [-0.25, -0.2) is 0 Å². The second kappa shape index (κ2) is 7.76. The van der Waals surface area contributed by atoms with E-state index in [1.807, 2.05) is 6.26 Å². The molecule has 1 N–H and O–H groups in total. The van der Waals surface area contributed by atoms with E-state index in [-0.39, 0.29) is 6.10 Å². The molecule has 0 aromatic carbocycles. The summed E-state index contributed by atoms with van der Waals surface area (Å²) in [6.07, 6.45) is 5.63. The monoisotopic (exact) mass is 265 g/mol. The number of rotatable bonds is 4. The van der Waals surface area contributed by atoms with Gasteiger partial charge in [0.2, 0.25) is 0 Å². The van der Waals surface area contributed by atoms with Crippen LogP contribution in [0.4, 0.5) is 0 Å². The van der Waals surface area contributed by atoms with Crippen LogP contribution in [0.1, 0.15) is 19.3 Å². The van der Waals surface area contributed by atoms with Crippen molar-refractivity contribution in [2.45, 2.75) is 25.4 Å². The fraction of sp³-hybridized carbons (Fsp3) is 0.900. The van der Waals surface area contributed by atoms with Crippen molar-refractivity contribution in [3.05, 3.63) is 0 Å². The van der Waals surface area contributed by atoms with E-state index >= 15 is 0 Å². The maximum atomic E-state index is 9.58. The van der Waals surface area contributed by atoms with Gasteiger partial charge in [0.05, 0.1) is 6.10 Å². The zero-order chi connectivity index (χ0) is 11.1. The number of thioether (sulfide) groups is 2. The van der Waals surface area contributed by atoms with E-state index in [0.717, 1.165) is 28.9 Å². The van der Waals surface area contributed by atoms with Crippen LogP contribution in [-0.2, 0) is 0 Å². The Morgan fingerprint density at radius 2 is 2.00 bits per heavy atom. The highest BCUT2D eigenvalue weighted by Gasteiger charge is 2.14. The summed E-state index contributed by atoms with van der Waals surface area (Å²) in [7, 11) is 0. The summed E-state index contributed by atoms with van der Waals surface area (Å²) in [5, 5.41) is 9.58. The summed E-state index contributed by atoms with van der Waals surface area (Å²) < 4.78 is 0.967. The van der Waals surface area contributed by atoms with Crippen LogP contribution in [0.3, 0.4) is 0 Å². The first-order valence-electron chi connectivity index (χ1n) is 5.32. The van der Waals surface area contributed by atoms with Gasteiger partial charge in [-0.15, -0.1) is 0 Å². The number of nitrogens with zero attached hydrogens (tertiary/aromatic N) is 1. The lowest BCUT2D eigenvalue weighted by Crippen LogP contribution is -2.33. The highest BCUT2D eigenvalue weighted by Crippen LogP contribution is 2.17. The first-order valence-corrected chi connectivity index (χ1v) is 8.11. The zero-order valence-electron chi connectivity index (χ0n) is 9.15. The topological polar surface area (TPSA) is 23.5 Å². The van der Waals surface area contributed by atoms with Crippen LogP contribution in [0.25, 0.3) is 0 Å². The van der Waals surface area contributed by atoms with Crippen LogP contribution in [0.2, 0.25) is 0 Å². The third-order valence-corrected chi connectivity index (χ3v) is 4.76. The number of piperidine rings is 1. The second-order valence-corrected chi connectivity index (χ2v) is 6.30. The van der Waals surface area contributed by atoms with E-state index in [9.17, 15) is 5.11 Å². The van der Waals surface area contributed by atoms with Crippen molar-refractivity contribution in [1.29, 1.82) is 0 Å². The SMILES string of the molecule is CSCC(O)CSC(=S)N1CCCCC1. The molecular formula is C10H19NOS3. The highest BCUT2D eigenvalue weighted by atomic mass is 32.2. The van der Waals surface area contributed by atoms with E-state index in [1.165, 1.54) is 19.3 Å². The van der Waals surface area contributed by atoms with Gasteiger partial charge in [-0.3, -0.25) is 0 Å². The van der Waals surface area contributed by atoms with Crippen LogP contribution in [0.5, 0.6) is 0 Å². The van der Waals surface area contributed by atoms with Gasteiger partial charge in [0, 0.05) is 24.6 Å². The van der Waals surface area contributed by atoms with Crippen molar-refractivity contribution in [2.75, 3.05) is 30.9 Å². The maximum absolute atomic E-state index is 9.58. The number of likely N-dealkylation sites (tertiary alicyclic amines) is 1. The molecule has 0 saturated carbocycles. The quantitative estimate of drug-likeness (QED) is 0.785. The molecule has 0 aromatic rings. The highest BCUT2D eigenvalue weighted by molar-refractivity contribution is 8.22. The third-order valence-electron chi connectivity index (χ3n) is 2.37. The Kier molecular flexibility index (Phi) is 7.05. The molecule has 0 aromatic heterocycles. The Morgan fingerprint density at radius 3 is 2.60 bits per heavy atom. The van der Waals surface area contributed by atoms with Gasteiger partial charge in [-0.2, -0.15) is 11.8 Å². The van der Waals surface area contributed by atoms with Crippen molar-refractivity contribution >= 4 is 40.1 Å². The molecule has 2 nitrogen and oxygen atoms in total. The molecule has 1 atom stereocenters. The molecule has 0 amide bonds. The first-order chi connectivity index (χ1) is 7.24. The number of aliphatic hydroxyl groups excluding tert-OH is 1. The largest absolute Gasteiger partial charge is 0.391 e.